The van der Waals surface area contributed by atoms with Gasteiger partial charge in [0.2, 0.25) is 5.95 Å². The lowest BCUT2D eigenvalue weighted by Crippen LogP contribution is -2.16. The Bertz CT molecular complexity index is 731. The fourth-order valence-electron chi connectivity index (χ4n) is 2.08. The highest BCUT2D eigenvalue weighted by Gasteiger charge is 2.06. The van der Waals surface area contributed by atoms with Crippen LogP contribution in [0.4, 0.5) is 11.8 Å². The van der Waals surface area contributed by atoms with Gasteiger partial charge in [0.15, 0.2) is 5.82 Å². The van der Waals surface area contributed by atoms with Crippen molar-refractivity contribution in [2.75, 3.05) is 31.3 Å². The lowest BCUT2D eigenvalue weighted by Gasteiger charge is -2.12. The average Bonchev–Trinajstić information content (AvgIpc) is 2.64. The third kappa shape index (κ3) is 5.79. The Hall–Kier alpha value is -2.54. The molecule has 0 radical (unpaired) electrons. The van der Waals surface area contributed by atoms with Gasteiger partial charge in [0.25, 0.3) is 0 Å². The zero-order chi connectivity index (χ0) is 18.1. The molecule has 1 aromatic carbocycles. The van der Waals surface area contributed by atoms with Crippen molar-refractivity contribution in [3.05, 3.63) is 65.1 Å². The fraction of sp³-hybridized carbons (Fsp3) is 0.222. The molecule has 0 aliphatic rings. The summed E-state index contributed by atoms with van der Waals surface area (Å²) in [7, 11) is 3.49. The number of benzene rings is 1. The predicted octanol–water partition coefficient (Wildman–Crippen LogP) is 3.56. The van der Waals surface area contributed by atoms with Crippen LogP contribution in [0.2, 0.25) is 0 Å². The first-order valence-corrected chi connectivity index (χ1v) is 8.62. The van der Waals surface area contributed by atoms with E-state index < -0.39 is 0 Å². The minimum absolute atomic E-state index is 0.563. The average molecular weight is 404 g/mol. The van der Waals surface area contributed by atoms with Gasteiger partial charge in [0, 0.05) is 19.8 Å². The number of hydrogen-bond acceptors (Lipinski definition) is 6. The standard InChI is InChI=1S/C18H22BrN5O/c1-4-5-16(20-2)23-17-15(19)12-22-18(24-17)21-11-10-13-6-8-14(25-3)9-7-13/h4-9,12,20H,1,10-11H2,2-3H3,(H2,21,22,23,24)/b16-5+. The molecule has 1 aromatic heterocycles. The maximum Gasteiger partial charge on any atom is 0.224 e. The van der Waals surface area contributed by atoms with E-state index in [9.17, 15) is 0 Å². The van der Waals surface area contributed by atoms with Crippen molar-refractivity contribution in [1.29, 1.82) is 0 Å². The molecule has 0 amide bonds. The number of rotatable bonds is 9. The van der Waals surface area contributed by atoms with Crippen LogP contribution in [-0.4, -0.2) is 30.7 Å². The summed E-state index contributed by atoms with van der Waals surface area (Å²) in [5.74, 6) is 2.88. The molecule has 3 N–H and O–H groups in total. The van der Waals surface area contributed by atoms with Gasteiger partial charge in [-0.05, 0) is 46.1 Å². The molecule has 25 heavy (non-hydrogen) atoms. The van der Waals surface area contributed by atoms with Crippen molar-refractivity contribution in [1.82, 2.24) is 15.3 Å². The number of halogens is 1. The summed E-state index contributed by atoms with van der Waals surface area (Å²) < 4.78 is 5.94. The molecular formula is C18H22BrN5O. The first-order valence-electron chi connectivity index (χ1n) is 7.83. The lowest BCUT2D eigenvalue weighted by molar-refractivity contribution is 0.414. The molecule has 0 spiro atoms. The number of nitrogens with zero attached hydrogens (tertiary/aromatic N) is 2. The van der Waals surface area contributed by atoms with Crippen molar-refractivity contribution in [3.8, 4) is 5.75 Å². The molecule has 0 bridgehead atoms. The third-order valence-electron chi connectivity index (χ3n) is 3.41. The monoisotopic (exact) mass is 403 g/mol. The Morgan fingerprint density at radius 3 is 2.72 bits per heavy atom. The molecule has 0 saturated heterocycles. The van der Waals surface area contributed by atoms with Crippen LogP contribution in [0.15, 0.2) is 59.5 Å². The molecule has 0 saturated carbocycles. The molecule has 2 rings (SSSR count). The minimum Gasteiger partial charge on any atom is -0.497 e. The van der Waals surface area contributed by atoms with Crippen LogP contribution in [0.1, 0.15) is 5.56 Å². The molecule has 132 valence electrons. The van der Waals surface area contributed by atoms with Gasteiger partial charge in [-0.15, -0.1) is 0 Å². The Morgan fingerprint density at radius 1 is 1.32 bits per heavy atom. The highest BCUT2D eigenvalue weighted by atomic mass is 79.9. The van der Waals surface area contributed by atoms with Crippen LogP contribution >= 0.6 is 15.9 Å². The van der Waals surface area contributed by atoms with Gasteiger partial charge in [-0.2, -0.15) is 4.98 Å². The molecule has 0 fully saturated rings. The van der Waals surface area contributed by atoms with Gasteiger partial charge >= 0.3 is 0 Å². The number of methoxy groups -OCH3 is 1. The van der Waals surface area contributed by atoms with Crippen molar-refractivity contribution >= 4 is 27.7 Å². The van der Waals surface area contributed by atoms with E-state index >= 15 is 0 Å². The van der Waals surface area contributed by atoms with E-state index in [0.717, 1.165) is 29.0 Å². The molecule has 0 aliphatic carbocycles. The molecule has 0 aliphatic heterocycles. The Morgan fingerprint density at radius 2 is 2.08 bits per heavy atom. The second kappa shape index (κ2) is 9.68. The number of nitrogens with one attached hydrogen (secondary N) is 3. The highest BCUT2D eigenvalue weighted by molar-refractivity contribution is 9.10. The highest BCUT2D eigenvalue weighted by Crippen LogP contribution is 2.21. The summed E-state index contributed by atoms with van der Waals surface area (Å²) in [5.41, 5.74) is 1.22. The molecule has 6 nitrogen and oxygen atoms in total. The van der Waals surface area contributed by atoms with Crippen LogP contribution in [0.25, 0.3) is 0 Å². The van der Waals surface area contributed by atoms with Crippen molar-refractivity contribution < 1.29 is 4.74 Å². The Kier molecular flexibility index (Phi) is 7.28. The van der Waals surface area contributed by atoms with E-state index in [1.807, 2.05) is 25.3 Å². The van der Waals surface area contributed by atoms with E-state index in [0.29, 0.717) is 11.8 Å². The Labute approximate surface area is 156 Å². The topological polar surface area (TPSA) is 71.1 Å². The van der Waals surface area contributed by atoms with E-state index in [1.54, 1.807) is 19.4 Å². The molecule has 2 aromatic rings. The number of allylic oxidation sites excluding steroid dienone is 2. The van der Waals surface area contributed by atoms with E-state index in [4.69, 9.17) is 4.74 Å². The van der Waals surface area contributed by atoms with Crippen molar-refractivity contribution in [2.45, 2.75) is 6.42 Å². The molecular weight excluding hydrogens is 382 g/mol. The molecule has 7 heteroatoms. The number of anilines is 2. The quantitative estimate of drug-likeness (QED) is 0.556. The normalized spacial score (nSPS) is 10.9. The first-order chi connectivity index (χ1) is 12.2. The van der Waals surface area contributed by atoms with E-state index in [2.05, 4.69) is 60.6 Å². The summed E-state index contributed by atoms with van der Waals surface area (Å²) in [6.45, 7) is 4.42. The fourth-order valence-corrected chi connectivity index (χ4v) is 2.37. The number of ether oxygens (including phenoxy) is 1. The van der Waals surface area contributed by atoms with Crippen LogP contribution in [0, 0.1) is 0 Å². The maximum atomic E-state index is 5.16. The van der Waals surface area contributed by atoms with Crippen LogP contribution in [0.3, 0.4) is 0 Å². The number of aromatic nitrogens is 2. The van der Waals surface area contributed by atoms with E-state index in [-0.39, 0.29) is 0 Å². The predicted molar refractivity (Wildman–Crippen MR) is 106 cm³/mol. The molecule has 0 unspecified atom stereocenters. The van der Waals surface area contributed by atoms with Gasteiger partial charge in [-0.3, -0.25) is 0 Å². The van der Waals surface area contributed by atoms with Crippen LogP contribution < -0.4 is 20.7 Å². The maximum absolute atomic E-state index is 5.16. The number of hydrogen-bond donors (Lipinski definition) is 3. The van der Waals surface area contributed by atoms with Gasteiger partial charge in [-0.25, -0.2) is 4.98 Å². The Balaban J connectivity index is 1.96. The minimum atomic E-state index is 0.563. The van der Waals surface area contributed by atoms with Gasteiger partial charge in [-0.1, -0.05) is 24.8 Å². The summed E-state index contributed by atoms with van der Waals surface area (Å²) in [4.78, 5) is 8.77. The summed E-state index contributed by atoms with van der Waals surface area (Å²) in [5, 5.41) is 9.46. The largest absolute Gasteiger partial charge is 0.497 e. The second-order valence-electron chi connectivity index (χ2n) is 5.11. The van der Waals surface area contributed by atoms with Crippen molar-refractivity contribution in [3.63, 3.8) is 0 Å². The summed E-state index contributed by atoms with van der Waals surface area (Å²) >= 11 is 3.45. The molecule has 0 atom stereocenters. The zero-order valence-electron chi connectivity index (χ0n) is 14.3. The molecule has 1 heterocycles. The van der Waals surface area contributed by atoms with Gasteiger partial charge in [0.1, 0.15) is 11.6 Å². The first kappa shape index (κ1) is 18.8. The van der Waals surface area contributed by atoms with Gasteiger partial charge in [0.05, 0.1) is 11.6 Å². The van der Waals surface area contributed by atoms with Crippen molar-refractivity contribution in [2.24, 2.45) is 0 Å². The second-order valence-corrected chi connectivity index (χ2v) is 5.96. The van der Waals surface area contributed by atoms with Crippen LogP contribution in [0.5, 0.6) is 5.75 Å². The summed E-state index contributed by atoms with van der Waals surface area (Å²) in [6, 6.07) is 8.02. The van der Waals surface area contributed by atoms with Gasteiger partial charge < -0.3 is 20.7 Å². The third-order valence-corrected chi connectivity index (χ3v) is 3.99. The van der Waals surface area contributed by atoms with Crippen LogP contribution in [-0.2, 0) is 6.42 Å². The summed E-state index contributed by atoms with van der Waals surface area (Å²) in [6.07, 6.45) is 6.10. The SMILES string of the molecule is C=C/C=C(\NC)Nc1nc(NCCc2ccc(OC)cc2)ncc1Br. The smallest absolute Gasteiger partial charge is 0.224 e. The zero-order valence-corrected chi connectivity index (χ0v) is 15.9. The van der Waals surface area contributed by atoms with E-state index in [1.165, 1.54) is 5.56 Å². The lowest BCUT2D eigenvalue weighted by atomic mass is 10.1.